The van der Waals surface area contributed by atoms with E-state index < -0.39 is 15.5 Å². The molecule has 0 bridgehead atoms. The molecule has 6 heteroatoms. The smallest absolute Gasteiger partial charge is 0.247 e. The number of rotatable bonds is 15. The van der Waals surface area contributed by atoms with E-state index in [1.807, 2.05) is 30.4 Å². The third-order valence-electron chi connectivity index (χ3n) is 21.8. The molecule has 0 unspecified atom stereocenters. The number of benzene rings is 15. The minimum Gasteiger partial charge on any atom is -0.310 e. The van der Waals surface area contributed by atoms with E-state index in [1.54, 1.807) is 0 Å². The number of hydrogen-bond acceptors (Lipinski definition) is 2. The molecule has 2 nitrogen and oxygen atoms in total. The summed E-state index contributed by atoms with van der Waals surface area (Å²) >= 11 is 10.9. The molecule has 0 amide bonds. The van der Waals surface area contributed by atoms with E-state index >= 15 is 0 Å². The van der Waals surface area contributed by atoms with Gasteiger partial charge in [-0.2, -0.15) is 0 Å². The number of para-hydroxylation sites is 3. The van der Waals surface area contributed by atoms with Crippen molar-refractivity contribution in [2.24, 2.45) is 0 Å². The Morgan fingerprint density at radius 2 is 0.602 bits per heavy atom. The highest BCUT2D eigenvalue weighted by Gasteiger charge is 2.45. The summed E-state index contributed by atoms with van der Waals surface area (Å²) < 4.78 is 1.13. The van der Waals surface area contributed by atoms with Gasteiger partial charge in [0.05, 0.1) is 12.2 Å². The van der Waals surface area contributed by atoms with Gasteiger partial charge in [-0.25, -0.2) is 0 Å². The van der Waals surface area contributed by atoms with Gasteiger partial charge in [-0.1, -0.05) is 353 Å². The zero-order valence-corrected chi connectivity index (χ0v) is 65.3. The highest BCUT2D eigenvalue weighted by Crippen LogP contribution is 2.52. The highest BCUT2D eigenvalue weighted by molar-refractivity contribution is 9.10. The number of halogens is 2. The van der Waals surface area contributed by atoms with Crippen LogP contribution in [0.2, 0.25) is 0 Å². The summed E-state index contributed by atoms with van der Waals surface area (Å²) in [4.78, 5) is 4.63. The normalized spacial score (nSPS) is 13.1. The molecule has 18 rings (SSSR count). The quantitative estimate of drug-likeness (QED) is 0.0437. The van der Waals surface area contributed by atoms with E-state index in [0.717, 1.165) is 38.6 Å². The summed E-state index contributed by atoms with van der Waals surface area (Å²) in [6, 6.07) is 143. The van der Waals surface area contributed by atoms with Gasteiger partial charge in [0.15, 0.2) is 13.8 Å². The van der Waals surface area contributed by atoms with E-state index in [2.05, 4.69) is 448 Å². The second-order valence-electron chi connectivity index (χ2n) is 28.9. The first-order valence-electron chi connectivity index (χ1n) is 37.1. The van der Waals surface area contributed by atoms with Crippen LogP contribution in [0.1, 0.15) is 49.9 Å². The summed E-state index contributed by atoms with van der Waals surface area (Å²) in [5, 5.41) is 9.27. The van der Waals surface area contributed by atoms with Gasteiger partial charge >= 0.3 is 0 Å². The van der Waals surface area contributed by atoms with Crippen molar-refractivity contribution in [3.63, 3.8) is 0 Å². The third-order valence-corrected chi connectivity index (χ3v) is 32.4. The molecule has 0 spiro atoms. The molecule has 0 heterocycles. The van der Waals surface area contributed by atoms with Crippen molar-refractivity contribution in [3.05, 3.63) is 457 Å². The monoisotopic (exact) mass is 1500 g/mol. The van der Waals surface area contributed by atoms with Crippen LogP contribution in [-0.2, 0) is 10.8 Å². The van der Waals surface area contributed by atoms with Crippen molar-refractivity contribution >= 4 is 107 Å². The maximum Gasteiger partial charge on any atom is 0.247 e. The molecule has 0 saturated carbocycles. The largest absolute Gasteiger partial charge is 0.310 e. The molecule has 108 heavy (non-hydrogen) atoms. The van der Waals surface area contributed by atoms with Crippen LogP contribution in [0.4, 0.5) is 28.4 Å². The Morgan fingerprint density at radius 3 is 0.991 bits per heavy atom. The molecule has 0 fully saturated rings. The summed E-state index contributed by atoms with van der Waals surface area (Å²) in [5.74, 6) is 0. The zero-order valence-electron chi connectivity index (χ0n) is 61.0. The topological polar surface area (TPSA) is 6.48 Å². The fraction of sp³-hybridized carbons (Fsp3) is 0.0588. The molecular formula is C102H81BrClN2Si2+. The molecule has 15 aromatic carbocycles. The van der Waals surface area contributed by atoms with Gasteiger partial charge in [0.25, 0.3) is 0 Å². The van der Waals surface area contributed by atoms with Gasteiger partial charge in [-0.05, 0) is 188 Å². The van der Waals surface area contributed by atoms with Crippen molar-refractivity contribution in [1.82, 2.24) is 0 Å². The summed E-state index contributed by atoms with van der Waals surface area (Å²) in [6.45, 7) is 9.47. The lowest BCUT2D eigenvalue weighted by molar-refractivity contribution is 0.660. The first-order chi connectivity index (χ1) is 52.9. The van der Waals surface area contributed by atoms with Crippen LogP contribution in [-0.4, -0.2) is 15.5 Å². The van der Waals surface area contributed by atoms with Crippen molar-refractivity contribution < 1.29 is 0 Å². The minimum absolute atomic E-state index is 0.0430. The Kier molecular flexibility index (Phi) is 20.0. The summed E-state index contributed by atoms with van der Waals surface area (Å²) in [6.07, 6.45) is 11.3. The lowest BCUT2D eigenvalue weighted by Gasteiger charge is -2.35. The van der Waals surface area contributed by atoms with Crippen LogP contribution in [0, 0.1) is 6.08 Å². The van der Waals surface area contributed by atoms with Gasteiger partial charge in [-0.15, -0.1) is 11.1 Å². The fourth-order valence-corrected chi connectivity index (χ4v) is 25.6. The second-order valence-corrected chi connectivity index (χ2v) is 38.3. The molecule has 0 N–H and O–H groups in total. The summed E-state index contributed by atoms with van der Waals surface area (Å²) in [7, 11) is -5.06. The van der Waals surface area contributed by atoms with E-state index in [0.29, 0.717) is 0 Å². The Hall–Kier alpha value is -11.8. The predicted molar refractivity (Wildman–Crippen MR) is 468 cm³/mol. The first-order valence-corrected chi connectivity index (χ1v) is 42.9. The Morgan fingerprint density at radius 1 is 0.287 bits per heavy atom. The van der Waals surface area contributed by atoms with Crippen molar-refractivity contribution in [1.29, 1.82) is 0 Å². The molecular weight excluding hydrogens is 1420 g/mol. The van der Waals surface area contributed by atoms with Crippen LogP contribution in [0.25, 0.3) is 44.5 Å². The molecule has 3 aliphatic rings. The molecule has 15 aromatic rings. The Balaban J connectivity index is 0.000000138. The van der Waals surface area contributed by atoms with E-state index in [-0.39, 0.29) is 10.8 Å². The maximum absolute atomic E-state index is 7.25. The van der Waals surface area contributed by atoms with Crippen LogP contribution in [0.5, 0.6) is 0 Å². The minimum atomic E-state index is -2.65. The van der Waals surface area contributed by atoms with Gasteiger partial charge in [0, 0.05) is 49.8 Å². The lowest BCUT2D eigenvalue weighted by Crippen LogP contribution is -2.74. The van der Waals surface area contributed by atoms with Gasteiger partial charge in [-0.3, -0.25) is 4.90 Å². The number of nitrogens with zero attached hydrogens (tertiary/aromatic N) is 2. The molecule has 520 valence electrons. The standard InChI is InChI=1S/C51H41NSi.C33H25BrN.C18H15ClSi/c1-51(2)49-36-39(38-19-18-24-42(35-38)52(40-20-8-3-9-21-40)41-22-10-4-11-23-41)31-33-47(49)48-34-32-46(37-50(48)51)53(43-25-12-5-13-26-43,44-27-14-6-15-28-44)45-29-16-7-17-30-45;1-33(2)31-21-24(16-18-29(31)30-19-17-25(34)22-32(30)33)23-10-9-15-28(20-23)35(26-11-5-3-6-12-26)27-13-7-4-8-14-27;19-20(16-10-4-1-5-11-16,17-12-6-2-7-13-17)18-14-8-3-9-15-18/h3-37H,1-2H3;3,5-22H,1-2H3;1-15H/q;+1;. The van der Waals surface area contributed by atoms with Gasteiger partial charge < -0.3 is 4.90 Å². The average molecular weight is 1510 g/mol. The van der Waals surface area contributed by atoms with E-state index in [4.69, 9.17) is 11.1 Å². The average Bonchev–Trinajstić information content (AvgIpc) is 1.48. The SMILES string of the molecule is CC1(C)c2cc(-c3cccc(N(c4ccccc4)c4ccccc4)c3)ccc2-c2ccc([Si](c3ccccc3)(c3ccccc3)c3ccccc3)cc21.CC1(C)c2cc(Br)ccc2-c2ccc(-c3cccc(N(C4=CC=[C+]C=C4)c4ccccc4)c3)cc21.Cl[Si](c1ccccc1)(c1ccccc1)c1ccccc1. The third kappa shape index (κ3) is 13.5. The van der Waals surface area contributed by atoms with E-state index in [9.17, 15) is 0 Å². The maximum atomic E-state index is 7.25. The highest BCUT2D eigenvalue weighted by atomic mass is 79.9. The number of fused-ring (bicyclic) bond motifs is 6. The number of anilines is 5. The molecule has 0 aliphatic heterocycles. The Labute approximate surface area is 652 Å². The van der Waals surface area contributed by atoms with Gasteiger partial charge in [0.2, 0.25) is 7.38 Å². The predicted octanol–water partition coefficient (Wildman–Crippen LogP) is 22.8. The molecule has 0 atom stereocenters. The fourth-order valence-electron chi connectivity index (χ4n) is 16.4. The van der Waals surface area contributed by atoms with Crippen molar-refractivity contribution in [2.75, 3.05) is 9.80 Å². The van der Waals surface area contributed by atoms with Crippen molar-refractivity contribution in [3.8, 4) is 44.5 Å². The van der Waals surface area contributed by atoms with Crippen LogP contribution < -0.4 is 46.1 Å². The number of allylic oxidation sites excluding steroid dienone is 5. The second kappa shape index (κ2) is 30.6. The van der Waals surface area contributed by atoms with Crippen LogP contribution >= 0.6 is 27.0 Å². The molecule has 3 aliphatic carbocycles. The first kappa shape index (κ1) is 70.5. The molecule has 0 aromatic heterocycles. The zero-order chi connectivity index (χ0) is 73.7. The molecule has 0 radical (unpaired) electrons. The Bertz CT molecular complexity index is 5520. The van der Waals surface area contributed by atoms with Gasteiger partial charge in [0.1, 0.15) is 12.2 Å². The van der Waals surface area contributed by atoms with Crippen molar-refractivity contribution in [2.45, 2.75) is 38.5 Å². The van der Waals surface area contributed by atoms with Crippen LogP contribution in [0.3, 0.4) is 0 Å². The summed E-state index contributed by atoms with van der Waals surface area (Å²) in [5.41, 5.74) is 22.3. The van der Waals surface area contributed by atoms with E-state index in [1.165, 1.54) is 103 Å². The number of hydrogen-bond donors (Lipinski definition) is 0. The van der Waals surface area contributed by atoms with Crippen LogP contribution in [0.15, 0.2) is 429 Å². The lowest BCUT2D eigenvalue weighted by atomic mass is 9.81. The molecule has 0 saturated heterocycles.